The predicted molar refractivity (Wildman–Crippen MR) is 58.5 cm³/mol. The van der Waals surface area contributed by atoms with Gasteiger partial charge in [0.2, 0.25) is 0 Å². The van der Waals surface area contributed by atoms with Crippen LogP contribution in [0.1, 0.15) is 0 Å². The van der Waals surface area contributed by atoms with Crippen molar-refractivity contribution in [2.75, 3.05) is 32.0 Å². The van der Waals surface area contributed by atoms with Gasteiger partial charge in [0, 0.05) is 31.8 Å². The molecule has 1 aromatic rings. The highest BCUT2D eigenvalue weighted by Crippen LogP contribution is 2.20. The fraction of sp³-hybridized carbons (Fsp3) is 0.400. The number of thioether (sulfide) groups is 1. The summed E-state index contributed by atoms with van der Waals surface area (Å²) < 4.78 is 4.98. The zero-order valence-corrected chi connectivity index (χ0v) is 9.10. The van der Waals surface area contributed by atoms with Crippen molar-refractivity contribution >= 4 is 17.4 Å². The van der Waals surface area contributed by atoms with Crippen molar-refractivity contribution in [2.45, 2.75) is 4.90 Å². The smallest absolute Gasteiger partial charge is 0.0963 e. The van der Waals surface area contributed by atoms with Crippen molar-refractivity contribution < 1.29 is 4.74 Å². The molecule has 0 N–H and O–H groups in total. The largest absolute Gasteiger partial charge is 0.378 e. The summed E-state index contributed by atoms with van der Waals surface area (Å²) in [7, 11) is 5.79. The molecule has 0 fully saturated rings. The Labute approximate surface area is 83.9 Å². The Morgan fingerprint density at radius 1 is 1.23 bits per heavy atom. The number of hydrogen-bond donors (Lipinski definition) is 0. The van der Waals surface area contributed by atoms with Crippen molar-refractivity contribution in [3.05, 3.63) is 24.3 Å². The molecule has 1 rings (SSSR count). The van der Waals surface area contributed by atoms with Crippen molar-refractivity contribution in [3.63, 3.8) is 0 Å². The van der Waals surface area contributed by atoms with Crippen molar-refractivity contribution in [2.24, 2.45) is 0 Å². The van der Waals surface area contributed by atoms with E-state index in [1.807, 2.05) is 14.1 Å². The SMILES string of the molecule is COCSc1ccc(N(C)C)cc1. The maximum Gasteiger partial charge on any atom is 0.0963 e. The zero-order chi connectivity index (χ0) is 9.68. The number of benzene rings is 1. The van der Waals surface area contributed by atoms with Crippen LogP contribution in [0, 0.1) is 0 Å². The monoisotopic (exact) mass is 197 g/mol. The van der Waals surface area contributed by atoms with Crippen LogP contribution in [0.4, 0.5) is 5.69 Å². The predicted octanol–water partition coefficient (Wildman–Crippen LogP) is 2.45. The van der Waals surface area contributed by atoms with E-state index in [9.17, 15) is 0 Å². The van der Waals surface area contributed by atoms with Gasteiger partial charge in [-0.3, -0.25) is 0 Å². The van der Waals surface area contributed by atoms with Gasteiger partial charge >= 0.3 is 0 Å². The first-order chi connectivity index (χ1) is 6.24. The third-order valence-corrected chi connectivity index (χ3v) is 2.66. The van der Waals surface area contributed by atoms with E-state index < -0.39 is 0 Å². The highest BCUT2D eigenvalue weighted by atomic mass is 32.2. The third-order valence-electron chi connectivity index (χ3n) is 1.70. The van der Waals surface area contributed by atoms with Gasteiger partial charge in [0.15, 0.2) is 0 Å². The molecule has 0 aliphatic heterocycles. The maximum atomic E-state index is 4.98. The fourth-order valence-corrected chi connectivity index (χ4v) is 1.55. The molecule has 3 heteroatoms. The summed E-state index contributed by atoms with van der Waals surface area (Å²) in [5.41, 5.74) is 1.22. The second kappa shape index (κ2) is 5.14. The molecular weight excluding hydrogens is 182 g/mol. The number of hydrogen-bond acceptors (Lipinski definition) is 3. The first-order valence-corrected chi connectivity index (χ1v) is 5.11. The van der Waals surface area contributed by atoms with Crippen LogP contribution < -0.4 is 4.90 Å². The van der Waals surface area contributed by atoms with E-state index >= 15 is 0 Å². The molecule has 72 valence electrons. The Morgan fingerprint density at radius 3 is 2.31 bits per heavy atom. The van der Waals surface area contributed by atoms with E-state index in [1.165, 1.54) is 10.6 Å². The average molecular weight is 197 g/mol. The summed E-state index contributed by atoms with van der Waals surface area (Å²) >= 11 is 1.70. The summed E-state index contributed by atoms with van der Waals surface area (Å²) in [4.78, 5) is 3.33. The summed E-state index contributed by atoms with van der Waals surface area (Å²) in [6.45, 7) is 0. The standard InChI is InChI=1S/C10H15NOS/c1-11(2)9-4-6-10(7-5-9)13-8-12-3/h4-7H,8H2,1-3H3. The molecule has 0 heterocycles. The maximum absolute atomic E-state index is 4.98. The molecule has 13 heavy (non-hydrogen) atoms. The zero-order valence-electron chi connectivity index (χ0n) is 8.28. The van der Waals surface area contributed by atoms with E-state index in [-0.39, 0.29) is 0 Å². The van der Waals surface area contributed by atoms with Gasteiger partial charge in [-0.25, -0.2) is 0 Å². The van der Waals surface area contributed by atoms with Crippen LogP contribution in [0.2, 0.25) is 0 Å². The van der Waals surface area contributed by atoms with E-state index in [4.69, 9.17) is 4.74 Å². The molecule has 0 amide bonds. The first-order valence-electron chi connectivity index (χ1n) is 4.13. The quantitative estimate of drug-likeness (QED) is 0.543. The van der Waals surface area contributed by atoms with Crippen molar-refractivity contribution in [3.8, 4) is 0 Å². The molecule has 0 bridgehead atoms. The Bertz CT molecular complexity index is 246. The highest BCUT2D eigenvalue weighted by Gasteiger charge is 1.95. The fourth-order valence-electron chi connectivity index (χ4n) is 0.967. The summed E-state index contributed by atoms with van der Waals surface area (Å²) in [5, 5.41) is 0. The molecule has 1 aromatic carbocycles. The topological polar surface area (TPSA) is 12.5 Å². The Balaban J connectivity index is 2.59. The minimum atomic E-state index is 0.710. The molecule has 0 spiro atoms. The molecule has 0 atom stereocenters. The molecule has 0 radical (unpaired) electrons. The molecule has 0 saturated heterocycles. The molecular formula is C10H15NOS. The third kappa shape index (κ3) is 3.28. The van der Waals surface area contributed by atoms with E-state index in [0.717, 1.165) is 0 Å². The van der Waals surface area contributed by atoms with Crippen LogP contribution in [0.25, 0.3) is 0 Å². The van der Waals surface area contributed by atoms with Crippen LogP contribution in [-0.4, -0.2) is 27.1 Å². The Morgan fingerprint density at radius 2 is 1.85 bits per heavy atom. The molecule has 0 saturated carbocycles. The van der Waals surface area contributed by atoms with Gasteiger partial charge in [-0.2, -0.15) is 0 Å². The normalized spacial score (nSPS) is 10.1. The van der Waals surface area contributed by atoms with Gasteiger partial charge in [-0.15, -0.1) is 0 Å². The van der Waals surface area contributed by atoms with Gasteiger partial charge in [-0.1, -0.05) is 11.8 Å². The minimum absolute atomic E-state index is 0.710. The average Bonchev–Trinajstić information content (AvgIpc) is 2.15. The molecule has 0 aromatic heterocycles. The van der Waals surface area contributed by atoms with Crippen LogP contribution in [-0.2, 0) is 4.74 Å². The Hall–Kier alpha value is -0.670. The second-order valence-electron chi connectivity index (χ2n) is 2.94. The van der Waals surface area contributed by atoms with Crippen LogP contribution in [0.3, 0.4) is 0 Å². The number of nitrogens with zero attached hydrogens (tertiary/aromatic N) is 1. The number of methoxy groups -OCH3 is 1. The van der Waals surface area contributed by atoms with Crippen LogP contribution in [0.5, 0.6) is 0 Å². The summed E-state index contributed by atoms with van der Waals surface area (Å²) in [6.07, 6.45) is 0. The highest BCUT2D eigenvalue weighted by molar-refractivity contribution is 7.99. The van der Waals surface area contributed by atoms with Crippen molar-refractivity contribution in [1.29, 1.82) is 0 Å². The van der Waals surface area contributed by atoms with Gasteiger partial charge in [0.05, 0.1) is 5.94 Å². The lowest BCUT2D eigenvalue weighted by molar-refractivity contribution is 0.259. The van der Waals surface area contributed by atoms with E-state index in [0.29, 0.717) is 5.94 Å². The van der Waals surface area contributed by atoms with Gasteiger partial charge in [0.1, 0.15) is 0 Å². The minimum Gasteiger partial charge on any atom is -0.378 e. The molecule has 0 unspecified atom stereocenters. The van der Waals surface area contributed by atoms with Gasteiger partial charge in [-0.05, 0) is 24.3 Å². The van der Waals surface area contributed by atoms with Crippen molar-refractivity contribution in [1.82, 2.24) is 0 Å². The number of anilines is 1. The first kappa shape index (κ1) is 10.4. The lowest BCUT2D eigenvalue weighted by Gasteiger charge is -2.12. The number of ether oxygens (including phenoxy) is 1. The van der Waals surface area contributed by atoms with E-state index in [1.54, 1.807) is 18.9 Å². The summed E-state index contributed by atoms with van der Waals surface area (Å²) in [6, 6.07) is 8.44. The van der Waals surface area contributed by atoms with Gasteiger partial charge < -0.3 is 9.64 Å². The van der Waals surface area contributed by atoms with Gasteiger partial charge in [0.25, 0.3) is 0 Å². The van der Waals surface area contributed by atoms with Crippen LogP contribution >= 0.6 is 11.8 Å². The summed E-state index contributed by atoms with van der Waals surface area (Å²) in [5.74, 6) is 0.710. The van der Waals surface area contributed by atoms with E-state index in [2.05, 4.69) is 29.2 Å². The van der Waals surface area contributed by atoms with Crippen LogP contribution in [0.15, 0.2) is 29.2 Å². The molecule has 0 aliphatic rings. The molecule has 2 nitrogen and oxygen atoms in total. The second-order valence-corrected chi connectivity index (χ2v) is 3.93. The lowest BCUT2D eigenvalue weighted by Crippen LogP contribution is -2.07. The Kier molecular flexibility index (Phi) is 4.12. The lowest BCUT2D eigenvalue weighted by atomic mass is 10.3. The molecule has 0 aliphatic carbocycles. The number of rotatable bonds is 4.